The number of carbonyl (C=O) groups is 1. The van der Waals surface area contributed by atoms with Gasteiger partial charge in [0.05, 0.1) is 6.07 Å². The molecule has 0 radical (unpaired) electrons. The molecule has 3 aromatic rings. The van der Waals surface area contributed by atoms with Crippen molar-refractivity contribution in [1.82, 2.24) is 15.3 Å². The lowest BCUT2D eigenvalue weighted by molar-refractivity contribution is -0.126. The van der Waals surface area contributed by atoms with Gasteiger partial charge in [-0.05, 0) is 42.2 Å². The topological polar surface area (TPSA) is 91.1 Å². The van der Waals surface area contributed by atoms with E-state index >= 15 is 0 Å². The van der Waals surface area contributed by atoms with Crippen LogP contribution in [0.1, 0.15) is 30.0 Å². The molecule has 1 unspecified atom stereocenters. The first kappa shape index (κ1) is 21.3. The maximum absolute atomic E-state index is 12.8. The molecule has 0 bridgehead atoms. The van der Waals surface area contributed by atoms with Gasteiger partial charge < -0.3 is 15.0 Å². The van der Waals surface area contributed by atoms with Crippen molar-refractivity contribution < 1.29 is 9.53 Å². The molecule has 7 heteroatoms. The van der Waals surface area contributed by atoms with Crippen molar-refractivity contribution in [3.05, 3.63) is 84.2 Å². The van der Waals surface area contributed by atoms with E-state index in [4.69, 9.17) is 4.74 Å². The van der Waals surface area contributed by atoms with Crippen LogP contribution in [-0.2, 0) is 11.4 Å². The number of piperidine rings is 1. The number of benzene rings is 2. The summed E-state index contributed by atoms with van der Waals surface area (Å²) in [4.78, 5) is 23.4. The normalized spacial score (nSPS) is 14.9. The average Bonchev–Trinajstić information content (AvgIpc) is 2.87. The number of nitrogens with zero attached hydrogens (tertiary/aromatic N) is 4. The minimum Gasteiger partial charge on any atom is -0.489 e. The Hall–Kier alpha value is -3.92. The lowest BCUT2D eigenvalue weighted by Crippen LogP contribution is -2.42. The number of hydrogen-bond acceptors (Lipinski definition) is 6. The second-order valence-electron chi connectivity index (χ2n) is 7.72. The third-order valence-electron chi connectivity index (χ3n) is 5.58. The van der Waals surface area contributed by atoms with Crippen LogP contribution in [0.2, 0.25) is 0 Å². The van der Waals surface area contributed by atoms with Crippen molar-refractivity contribution >= 4 is 11.9 Å². The molecule has 1 fully saturated rings. The first-order valence-electron chi connectivity index (χ1n) is 10.7. The van der Waals surface area contributed by atoms with E-state index in [1.807, 2.05) is 54.6 Å². The van der Waals surface area contributed by atoms with Gasteiger partial charge in [-0.3, -0.25) is 4.79 Å². The second kappa shape index (κ2) is 10.4. The summed E-state index contributed by atoms with van der Waals surface area (Å²) in [5, 5.41) is 12.5. The number of rotatable bonds is 7. The van der Waals surface area contributed by atoms with Crippen molar-refractivity contribution in [1.29, 1.82) is 5.26 Å². The highest BCUT2D eigenvalue weighted by Gasteiger charge is 2.27. The largest absolute Gasteiger partial charge is 0.489 e. The molecule has 1 atom stereocenters. The van der Waals surface area contributed by atoms with Crippen LogP contribution in [0.4, 0.5) is 5.95 Å². The Morgan fingerprint density at radius 2 is 1.75 bits per heavy atom. The zero-order valence-corrected chi connectivity index (χ0v) is 17.7. The van der Waals surface area contributed by atoms with Crippen molar-refractivity contribution in [3.63, 3.8) is 0 Å². The molecule has 0 aliphatic carbocycles. The molecule has 0 spiro atoms. The van der Waals surface area contributed by atoms with E-state index in [0.29, 0.717) is 38.5 Å². The third kappa shape index (κ3) is 5.41. The van der Waals surface area contributed by atoms with E-state index in [2.05, 4.69) is 26.3 Å². The average molecular weight is 428 g/mol. The van der Waals surface area contributed by atoms with Gasteiger partial charge in [-0.25, -0.2) is 9.97 Å². The predicted octanol–water partition coefficient (Wildman–Crippen LogP) is 3.65. The van der Waals surface area contributed by atoms with Crippen LogP contribution < -0.4 is 15.0 Å². The molecule has 1 amide bonds. The zero-order valence-electron chi connectivity index (χ0n) is 17.7. The molecule has 162 valence electrons. The summed E-state index contributed by atoms with van der Waals surface area (Å²) < 4.78 is 5.80. The number of hydrogen-bond donors (Lipinski definition) is 1. The number of ether oxygens (including phenoxy) is 1. The van der Waals surface area contributed by atoms with Crippen LogP contribution in [0.15, 0.2) is 73.1 Å². The lowest BCUT2D eigenvalue weighted by atomic mass is 9.95. The quantitative estimate of drug-likeness (QED) is 0.619. The Bertz CT molecular complexity index is 1040. The molecule has 2 heterocycles. The second-order valence-corrected chi connectivity index (χ2v) is 7.72. The molecule has 4 rings (SSSR count). The van der Waals surface area contributed by atoms with Gasteiger partial charge in [0.1, 0.15) is 18.4 Å². The summed E-state index contributed by atoms with van der Waals surface area (Å²) in [6.07, 6.45) is 4.84. The van der Waals surface area contributed by atoms with Crippen LogP contribution in [0.3, 0.4) is 0 Å². The maximum atomic E-state index is 12.8. The van der Waals surface area contributed by atoms with Gasteiger partial charge in [0, 0.05) is 31.4 Å². The van der Waals surface area contributed by atoms with Gasteiger partial charge in [-0.1, -0.05) is 42.5 Å². The SMILES string of the molecule is N#CC(NC(=O)C1CCN(c2ncccn2)CC1)c1ccc(OCc2ccccc2)cc1. The maximum Gasteiger partial charge on any atom is 0.225 e. The number of nitriles is 1. The molecule has 1 N–H and O–H groups in total. The fraction of sp³-hybridized carbons (Fsp3) is 0.280. The first-order valence-corrected chi connectivity index (χ1v) is 10.7. The Kier molecular flexibility index (Phi) is 6.93. The van der Waals surface area contributed by atoms with E-state index in [9.17, 15) is 10.1 Å². The fourth-order valence-corrected chi connectivity index (χ4v) is 3.74. The molecule has 1 saturated heterocycles. The van der Waals surface area contributed by atoms with Crippen LogP contribution in [0, 0.1) is 17.2 Å². The monoisotopic (exact) mass is 427 g/mol. The number of aromatic nitrogens is 2. The van der Waals surface area contributed by atoms with Gasteiger partial charge in [-0.2, -0.15) is 5.26 Å². The highest BCUT2D eigenvalue weighted by atomic mass is 16.5. The van der Waals surface area contributed by atoms with Crippen molar-refractivity contribution in [3.8, 4) is 11.8 Å². The standard InChI is InChI=1S/C25H25N5O2/c26-17-23(20-7-9-22(10-8-20)32-18-19-5-2-1-3-6-19)29-24(31)21-11-15-30(16-12-21)25-27-13-4-14-28-25/h1-10,13-14,21,23H,11-12,15-16,18H2,(H,29,31). The summed E-state index contributed by atoms with van der Waals surface area (Å²) in [5.74, 6) is 1.20. The molecular formula is C25H25N5O2. The molecule has 0 saturated carbocycles. The van der Waals surface area contributed by atoms with Crippen LogP contribution in [-0.4, -0.2) is 29.0 Å². The Balaban J connectivity index is 1.29. The molecule has 1 aromatic heterocycles. The van der Waals surface area contributed by atoms with E-state index in [1.165, 1.54) is 0 Å². The summed E-state index contributed by atoms with van der Waals surface area (Å²) >= 11 is 0. The van der Waals surface area contributed by atoms with Gasteiger partial charge in [0.25, 0.3) is 0 Å². The Labute approximate surface area is 187 Å². The Morgan fingerprint density at radius 3 is 2.41 bits per heavy atom. The Morgan fingerprint density at radius 1 is 1.06 bits per heavy atom. The highest BCUT2D eigenvalue weighted by molar-refractivity contribution is 5.79. The van der Waals surface area contributed by atoms with Crippen molar-refractivity contribution in [2.45, 2.75) is 25.5 Å². The molecule has 32 heavy (non-hydrogen) atoms. The van der Waals surface area contributed by atoms with Gasteiger partial charge in [0.2, 0.25) is 11.9 Å². The highest BCUT2D eigenvalue weighted by Crippen LogP contribution is 2.23. The van der Waals surface area contributed by atoms with Crippen LogP contribution in [0.5, 0.6) is 5.75 Å². The number of carbonyl (C=O) groups excluding carboxylic acids is 1. The van der Waals surface area contributed by atoms with Crippen molar-refractivity contribution in [2.24, 2.45) is 5.92 Å². The smallest absolute Gasteiger partial charge is 0.225 e. The molecule has 7 nitrogen and oxygen atoms in total. The van der Waals surface area contributed by atoms with Gasteiger partial charge >= 0.3 is 0 Å². The molecule has 2 aromatic carbocycles. The van der Waals surface area contributed by atoms with Crippen LogP contribution in [0.25, 0.3) is 0 Å². The predicted molar refractivity (Wildman–Crippen MR) is 121 cm³/mol. The number of amides is 1. The third-order valence-corrected chi connectivity index (χ3v) is 5.58. The summed E-state index contributed by atoms with van der Waals surface area (Å²) in [6, 6.07) is 20.5. The summed E-state index contributed by atoms with van der Waals surface area (Å²) in [7, 11) is 0. The van der Waals surface area contributed by atoms with E-state index in [-0.39, 0.29) is 11.8 Å². The minimum atomic E-state index is -0.693. The lowest BCUT2D eigenvalue weighted by Gasteiger charge is -2.31. The minimum absolute atomic E-state index is 0.0883. The van der Waals surface area contributed by atoms with E-state index in [1.54, 1.807) is 18.5 Å². The number of nitrogens with one attached hydrogen (secondary N) is 1. The molecular weight excluding hydrogens is 402 g/mol. The van der Waals surface area contributed by atoms with E-state index < -0.39 is 6.04 Å². The first-order chi connectivity index (χ1) is 15.7. The van der Waals surface area contributed by atoms with Crippen molar-refractivity contribution in [2.75, 3.05) is 18.0 Å². The summed E-state index contributed by atoms with van der Waals surface area (Å²) in [6.45, 7) is 1.91. The molecule has 1 aliphatic rings. The summed E-state index contributed by atoms with van der Waals surface area (Å²) in [5.41, 5.74) is 1.83. The van der Waals surface area contributed by atoms with Gasteiger partial charge in [0.15, 0.2) is 0 Å². The van der Waals surface area contributed by atoms with Crippen LogP contribution >= 0.6 is 0 Å². The van der Waals surface area contributed by atoms with E-state index in [0.717, 1.165) is 16.9 Å². The van der Waals surface area contributed by atoms with Gasteiger partial charge in [-0.15, -0.1) is 0 Å². The number of anilines is 1. The zero-order chi connectivity index (χ0) is 22.2. The fourth-order valence-electron chi connectivity index (χ4n) is 3.74. The molecule has 1 aliphatic heterocycles.